The van der Waals surface area contributed by atoms with Crippen molar-refractivity contribution in [3.05, 3.63) is 23.8 Å². The molecule has 1 rings (SSSR count). The number of carboxylic acids is 1. The highest BCUT2D eigenvalue weighted by atomic mass is 16.5. The van der Waals surface area contributed by atoms with E-state index in [9.17, 15) is 9.90 Å². The Morgan fingerprint density at radius 2 is 2.04 bits per heavy atom. The van der Waals surface area contributed by atoms with Gasteiger partial charge in [-0.05, 0) is 31.6 Å². The van der Waals surface area contributed by atoms with Crippen LogP contribution in [0.15, 0.2) is 23.8 Å². The van der Waals surface area contributed by atoms with Gasteiger partial charge in [-0.15, -0.1) is 0 Å². The first kappa shape index (κ1) is 22.0. The van der Waals surface area contributed by atoms with Gasteiger partial charge in [0.25, 0.3) is 0 Å². The third-order valence-corrected chi connectivity index (χ3v) is 5.47. The van der Waals surface area contributed by atoms with Crippen molar-refractivity contribution in [3.8, 4) is 0 Å². The molecule has 1 aliphatic carbocycles. The smallest absolute Gasteiger partial charge is 0.314 e. The van der Waals surface area contributed by atoms with Crippen LogP contribution in [0.25, 0.3) is 0 Å². The summed E-state index contributed by atoms with van der Waals surface area (Å²) in [5.41, 5.74) is 0.541. The Morgan fingerprint density at radius 1 is 1.28 bits per heavy atom. The van der Waals surface area contributed by atoms with Gasteiger partial charge in [0.15, 0.2) is 0 Å². The molecule has 0 aromatic rings. The predicted octanol–water partition coefficient (Wildman–Crippen LogP) is 6.00. The lowest BCUT2D eigenvalue weighted by Gasteiger charge is -2.39. The van der Waals surface area contributed by atoms with Gasteiger partial charge in [-0.3, -0.25) is 4.79 Å². The molecule has 0 radical (unpaired) electrons. The summed E-state index contributed by atoms with van der Waals surface area (Å²) < 4.78 is 5.30. The van der Waals surface area contributed by atoms with Crippen LogP contribution in [-0.2, 0) is 9.53 Å². The van der Waals surface area contributed by atoms with Crippen LogP contribution >= 0.6 is 0 Å². The molecular weight excluding hydrogens is 312 g/mol. The zero-order valence-electron chi connectivity index (χ0n) is 16.7. The van der Waals surface area contributed by atoms with Gasteiger partial charge in [0.05, 0.1) is 5.41 Å². The molecule has 0 amide bonds. The second-order valence-electron chi connectivity index (χ2n) is 7.88. The van der Waals surface area contributed by atoms with E-state index in [0.717, 1.165) is 50.9 Å². The number of carbonyl (C=O) groups is 1. The summed E-state index contributed by atoms with van der Waals surface area (Å²) in [6.45, 7) is 7.29. The van der Waals surface area contributed by atoms with Gasteiger partial charge in [0, 0.05) is 19.6 Å². The molecule has 0 heterocycles. The summed E-state index contributed by atoms with van der Waals surface area (Å²) in [7, 11) is 1.70. The van der Waals surface area contributed by atoms with Gasteiger partial charge in [-0.1, -0.05) is 76.7 Å². The largest absolute Gasteiger partial charge is 0.481 e. The number of rotatable bonds is 13. The predicted molar refractivity (Wildman–Crippen MR) is 105 cm³/mol. The zero-order valence-corrected chi connectivity index (χ0v) is 16.7. The van der Waals surface area contributed by atoms with Crippen molar-refractivity contribution in [2.24, 2.45) is 17.3 Å². The summed E-state index contributed by atoms with van der Waals surface area (Å²) in [6.07, 6.45) is 15.4. The number of carboxylic acid groups (broad SMARTS) is 1. The average molecular weight is 351 g/mol. The number of unbranched alkanes of at least 4 members (excludes halogenated alkanes) is 3. The van der Waals surface area contributed by atoms with Crippen LogP contribution in [0.3, 0.4) is 0 Å². The molecule has 0 saturated heterocycles. The lowest BCUT2D eigenvalue weighted by atomic mass is 9.64. The normalized spacial score (nSPS) is 23.1. The molecule has 0 bridgehead atoms. The molecule has 2 unspecified atom stereocenters. The first-order valence-electron chi connectivity index (χ1n) is 10.1. The van der Waals surface area contributed by atoms with Gasteiger partial charge in [-0.2, -0.15) is 0 Å². The van der Waals surface area contributed by atoms with Crippen LogP contribution in [0.2, 0.25) is 0 Å². The van der Waals surface area contributed by atoms with Gasteiger partial charge < -0.3 is 9.84 Å². The SMILES string of the molecule is CCCCC1=CC=CC(CCCCCC(C)C)(C(=O)O)C1CCOC. The van der Waals surface area contributed by atoms with Crippen LogP contribution in [0, 0.1) is 17.3 Å². The van der Waals surface area contributed by atoms with Crippen molar-refractivity contribution in [2.45, 2.75) is 78.6 Å². The molecular formula is C22H38O3. The lowest BCUT2D eigenvalue weighted by Crippen LogP contribution is -2.40. The summed E-state index contributed by atoms with van der Waals surface area (Å²) in [6, 6.07) is 0. The Labute approximate surface area is 154 Å². The first-order chi connectivity index (χ1) is 12.0. The quantitative estimate of drug-likeness (QED) is 0.414. The van der Waals surface area contributed by atoms with Gasteiger partial charge in [0.2, 0.25) is 0 Å². The molecule has 3 nitrogen and oxygen atoms in total. The van der Waals surface area contributed by atoms with Gasteiger partial charge in [-0.25, -0.2) is 0 Å². The highest BCUT2D eigenvalue weighted by Gasteiger charge is 2.45. The van der Waals surface area contributed by atoms with Crippen LogP contribution < -0.4 is 0 Å². The Morgan fingerprint density at radius 3 is 2.64 bits per heavy atom. The second-order valence-corrected chi connectivity index (χ2v) is 7.88. The highest BCUT2D eigenvalue weighted by Crippen LogP contribution is 2.45. The molecule has 0 saturated carbocycles. The number of hydrogen-bond acceptors (Lipinski definition) is 2. The molecule has 3 heteroatoms. The fourth-order valence-corrected chi connectivity index (χ4v) is 3.96. The van der Waals surface area contributed by atoms with Crippen molar-refractivity contribution in [1.29, 1.82) is 0 Å². The fourth-order valence-electron chi connectivity index (χ4n) is 3.96. The maximum atomic E-state index is 12.3. The number of ether oxygens (including phenoxy) is 1. The maximum absolute atomic E-state index is 12.3. The molecule has 0 fully saturated rings. The van der Waals surface area contributed by atoms with Crippen molar-refractivity contribution < 1.29 is 14.6 Å². The summed E-state index contributed by atoms with van der Waals surface area (Å²) in [4.78, 5) is 12.3. The molecule has 25 heavy (non-hydrogen) atoms. The van der Waals surface area contributed by atoms with E-state index < -0.39 is 11.4 Å². The second kappa shape index (κ2) is 11.5. The summed E-state index contributed by atoms with van der Waals surface area (Å²) in [5.74, 6) is 0.114. The molecule has 0 aromatic carbocycles. The van der Waals surface area contributed by atoms with Gasteiger partial charge >= 0.3 is 5.97 Å². The van der Waals surface area contributed by atoms with E-state index in [1.165, 1.54) is 18.4 Å². The fraction of sp³-hybridized carbons (Fsp3) is 0.773. The Bertz CT molecular complexity index is 450. The van der Waals surface area contributed by atoms with Crippen LogP contribution in [0.4, 0.5) is 0 Å². The minimum atomic E-state index is -0.756. The molecule has 0 aliphatic heterocycles. The Kier molecular flexibility index (Phi) is 10.1. The van der Waals surface area contributed by atoms with Crippen molar-refractivity contribution >= 4 is 5.97 Å². The minimum Gasteiger partial charge on any atom is -0.481 e. The van der Waals surface area contributed by atoms with Crippen LogP contribution in [0.1, 0.15) is 78.6 Å². The van der Waals surface area contributed by atoms with E-state index >= 15 is 0 Å². The van der Waals surface area contributed by atoms with Crippen LogP contribution in [0.5, 0.6) is 0 Å². The molecule has 0 aromatic heterocycles. The molecule has 0 spiro atoms. The molecule has 1 N–H and O–H groups in total. The Hall–Kier alpha value is -1.09. The number of allylic oxidation sites excluding steroid dienone is 3. The third kappa shape index (κ3) is 6.62. The van der Waals surface area contributed by atoms with E-state index in [0.29, 0.717) is 6.61 Å². The molecule has 144 valence electrons. The minimum absolute atomic E-state index is 0.0617. The van der Waals surface area contributed by atoms with E-state index in [2.05, 4.69) is 26.8 Å². The number of hydrogen-bond donors (Lipinski definition) is 1. The third-order valence-electron chi connectivity index (χ3n) is 5.47. The number of methoxy groups -OCH3 is 1. The molecule has 2 atom stereocenters. The Balaban J connectivity index is 2.85. The highest BCUT2D eigenvalue weighted by molar-refractivity contribution is 5.79. The lowest BCUT2D eigenvalue weighted by molar-refractivity contribution is -0.149. The van der Waals surface area contributed by atoms with Crippen molar-refractivity contribution in [2.75, 3.05) is 13.7 Å². The first-order valence-corrected chi connectivity index (χ1v) is 10.1. The van der Waals surface area contributed by atoms with Crippen molar-refractivity contribution in [3.63, 3.8) is 0 Å². The standard InChI is InChI=1S/C22H38O3/c1-5-6-12-19-13-10-16-22(21(23)24,20(19)14-17-25-4)15-9-7-8-11-18(2)3/h10,13,16,18,20H,5-9,11-12,14-15,17H2,1-4H3,(H,23,24). The zero-order chi connectivity index (χ0) is 18.7. The average Bonchev–Trinajstić information content (AvgIpc) is 2.58. The van der Waals surface area contributed by atoms with E-state index in [1.807, 2.05) is 12.2 Å². The monoisotopic (exact) mass is 350 g/mol. The van der Waals surface area contributed by atoms with E-state index in [-0.39, 0.29) is 5.92 Å². The van der Waals surface area contributed by atoms with Crippen molar-refractivity contribution in [1.82, 2.24) is 0 Å². The van der Waals surface area contributed by atoms with Crippen LogP contribution in [-0.4, -0.2) is 24.8 Å². The van der Waals surface area contributed by atoms with E-state index in [4.69, 9.17) is 4.74 Å². The summed E-state index contributed by atoms with van der Waals surface area (Å²) in [5, 5.41) is 10.1. The number of aliphatic carboxylic acids is 1. The maximum Gasteiger partial charge on any atom is 0.314 e. The van der Waals surface area contributed by atoms with Gasteiger partial charge in [0.1, 0.15) is 0 Å². The summed E-state index contributed by atoms with van der Waals surface area (Å²) >= 11 is 0. The molecule has 1 aliphatic rings. The van der Waals surface area contributed by atoms with E-state index in [1.54, 1.807) is 7.11 Å². The topological polar surface area (TPSA) is 46.5 Å².